The van der Waals surface area contributed by atoms with E-state index in [1.165, 1.54) is 13.8 Å². The number of carbonyl (C=O) groups excluding carboxylic acids is 1. The van der Waals surface area contributed by atoms with Crippen LogP contribution in [0.4, 0.5) is 0 Å². The molecule has 0 aromatic rings. The number of esters is 1. The Bertz CT molecular complexity index is 219. The summed E-state index contributed by atoms with van der Waals surface area (Å²) in [6, 6.07) is 1.70. The van der Waals surface area contributed by atoms with Crippen LogP contribution >= 0.6 is 0 Å². The van der Waals surface area contributed by atoms with Gasteiger partial charge in [0.05, 0.1) is 0 Å². The van der Waals surface area contributed by atoms with E-state index >= 15 is 0 Å². The first-order valence-corrected chi connectivity index (χ1v) is 3.01. The van der Waals surface area contributed by atoms with Crippen molar-refractivity contribution in [2.45, 2.75) is 20.0 Å². The first-order chi connectivity index (χ1) is 5.11. The van der Waals surface area contributed by atoms with E-state index in [0.29, 0.717) is 6.26 Å². The van der Waals surface area contributed by atoms with E-state index in [1.807, 2.05) is 0 Å². The Hall–Kier alpha value is 0.136. The zero-order chi connectivity index (χ0) is 8.85. The molecule has 60 valence electrons. The summed E-state index contributed by atoms with van der Waals surface area (Å²) in [7, 11) is 0. The quantitative estimate of drug-likeness (QED) is 0.199. The molecule has 0 rings (SSSR count). The zero-order valence-electron chi connectivity index (χ0n) is 7.33. The largest absolute Gasteiger partial charge is 1.00 e. The van der Waals surface area contributed by atoms with Crippen LogP contribution in [-0.4, -0.2) is 12.1 Å². The van der Waals surface area contributed by atoms with Gasteiger partial charge in [0.2, 0.25) is 0 Å². The van der Waals surface area contributed by atoms with Crippen LogP contribution in [-0.2, 0) is 9.53 Å². The Morgan fingerprint density at radius 2 is 2.25 bits per heavy atom. The molecule has 4 nitrogen and oxygen atoms in total. The summed E-state index contributed by atoms with van der Waals surface area (Å²) in [6.45, 7) is 2.76. The molecular formula is C7H8KNO3. The van der Waals surface area contributed by atoms with Crippen molar-refractivity contribution in [3.05, 3.63) is 11.8 Å². The molecule has 0 fully saturated rings. The molecule has 0 aliphatic rings. The predicted octanol–water partition coefficient (Wildman–Crippen LogP) is -3.29. The maximum atomic E-state index is 10.7. The van der Waals surface area contributed by atoms with Crippen molar-refractivity contribution in [1.29, 1.82) is 5.26 Å². The smallest absolute Gasteiger partial charge is 0.878 e. The van der Waals surface area contributed by atoms with Gasteiger partial charge in [0.25, 0.3) is 0 Å². The Balaban J connectivity index is 0. The van der Waals surface area contributed by atoms with Gasteiger partial charge in [0.1, 0.15) is 6.07 Å². The number of hydrogen-bond acceptors (Lipinski definition) is 4. The van der Waals surface area contributed by atoms with E-state index in [4.69, 9.17) is 5.26 Å². The third kappa shape index (κ3) is 5.74. The third-order valence-electron chi connectivity index (χ3n) is 0.964. The molecule has 0 radical (unpaired) electrons. The number of carbonyl (C=O) groups is 1. The number of hydrogen-bond donors (Lipinski definition) is 0. The molecule has 0 aliphatic carbocycles. The van der Waals surface area contributed by atoms with Crippen LogP contribution in [0.5, 0.6) is 0 Å². The fraction of sp³-hybridized carbons (Fsp3) is 0.429. The van der Waals surface area contributed by atoms with Gasteiger partial charge < -0.3 is 9.84 Å². The Morgan fingerprint density at radius 3 is 2.58 bits per heavy atom. The molecular weight excluding hydrogens is 185 g/mol. The molecule has 0 N–H and O–H groups in total. The second-order valence-corrected chi connectivity index (χ2v) is 1.98. The molecule has 0 aliphatic heterocycles. The average Bonchev–Trinajstić information content (AvgIpc) is 2.02. The Labute approximate surface area is 114 Å². The van der Waals surface area contributed by atoms with Crippen molar-refractivity contribution in [3.63, 3.8) is 0 Å². The van der Waals surface area contributed by atoms with Gasteiger partial charge in [0.15, 0.2) is 6.10 Å². The van der Waals surface area contributed by atoms with E-state index in [-0.39, 0.29) is 57.0 Å². The number of ether oxygens (including phenoxy) is 1. The Morgan fingerprint density at radius 1 is 1.75 bits per heavy atom. The fourth-order valence-electron chi connectivity index (χ4n) is 0.328. The van der Waals surface area contributed by atoms with Crippen molar-refractivity contribution in [2.24, 2.45) is 0 Å². The molecule has 0 amide bonds. The van der Waals surface area contributed by atoms with Gasteiger partial charge in [-0.25, -0.2) is 4.79 Å². The summed E-state index contributed by atoms with van der Waals surface area (Å²) in [4.78, 5) is 10.7. The van der Waals surface area contributed by atoms with E-state index in [9.17, 15) is 9.90 Å². The molecule has 1 unspecified atom stereocenters. The average molecular weight is 193 g/mol. The first kappa shape index (κ1) is 14.6. The van der Waals surface area contributed by atoms with Gasteiger partial charge in [-0.1, -0.05) is 0 Å². The summed E-state index contributed by atoms with van der Waals surface area (Å²) in [5, 5.41) is 18.2. The molecule has 0 saturated carbocycles. The molecule has 0 aromatic heterocycles. The molecule has 0 spiro atoms. The van der Waals surface area contributed by atoms with Gasteiger partial charge >= 0.3 is 57.4 Å². The van der Waals surface area contributed by atoms with E-state index < -0.39 is 12.1 Å². The Kier molecular flexibility index (Phi) is 9.48. The topological polar surface area (TPSA) is 73.2 Å². The maximum absolute atomic E-state index is 10.7. The standard InChI is InChI=1S/C7H9NO3.K/c1-5(4-9)7(10)11-6(2)3-8;/h4,6,9H,1-2H3;/q;+1/p-1/b5-4+;. The molecule has 0 aromatic carbocycles. The third-order valence-corrected chi connectivity index (χ3v) is 0.964. The van der Waals surface area contributed by atoms with Gasteiger partial charge in [-0.3, -0.25) is 0 Å². The summed E-state index contributed by atoms with van der Waals surface area (Å²) in [5.41, 5.74) is -0.0351. The molecule has 0 saturated heterocycles. The van der Waals surface area contributed by atoms with Crippen LogP contribution in [0.3, 0.4) is 0 Å². The molecule has 12 heavy (non-hydrogen) atoms. The second-order valence-electron chi connectivity index (χ2n) is 1.98. The maximum Gasteiger partial charge on any atom is 1.00 e. The predicted molar refractivity (Wildman–Crippen MR) is 34.9 cm³/mol. The second kappa shape index (κ2) is 7.77. The van der Waals surface area contributed by atoms with Gasteiger partial charge in [-0.15, -0.1) is 6.26 Å². The van der Waals surface area contributed by atoms with Crippen LogP contribution in [0, 0.1) is 11.3 Å². The summed E-state index contributed by atoms with van der Waals surface area (Å²) >= 11 is 0. The minimum Gasteiger partial charge on any atom is -0.878 e. The van der Waals surface area contributed by atoms with E-state index in [0.717, 1.165) is 0 Å². The van der Waals surface area contributed by atoms with E-state index in [1.54, 1.807) is 6.07 Å². The zero-order valence-corrected chi connectivity index (χ0v) is 10.4. The van der Waals surface area contributed by atoms with Crippen LogP contribution < -0.4 is 56.5 Å². The van der Waals surface area contributed by atoms with Crippen molar-refractivity contribution in [3.8, 4) is 6.07 Å². The summed E-state index contributed by atoms with van der Waals surface area (Å²) in [5.74, 6) is -0.742. The van der Waals surface area contributed by atoms with Gasteiger partial charge in [0, 0.05) is 5.57 Å². The van der Waals surface area contributed by atoms with Crippen LogP contribution in [0.15, 0.2) is 11.8 Å². The van der Waals surface area contributed by atoms with Crippen molar-refractivity contribution in [2.75, 3.05) is 0 Å². The minimum absolute atomic E-state index is 0. The number of rotatable bonds is 2. The first-order valence-electron chi connectivity index (χ1n) is 3.01. The molecule has 0 heterocycles. The number of nitrogens with zero attached hydrogens (tertiary/aromatic N) is 1. The van der Waals surface area contributed by atoms with Crippen LogP contribution in [0.25, 0.3) is 0 Å². The molecule has 0 bridgehead atoms. The van der Waals surface area contributed by atoms with Crippen molar-refractivity contribution >= 4 is 5.97 Å². The monoisotopic (exact) mass is 193 g/mol. The summed E-state index contributed by atoms with van der Waals surface area (Å²) < 4.78 is 4.48. The fourth-order valence-corrected chi connectivity index (χ4v) is 0.328. The van der Waals surface area contributed by atoms with Crippen molar-refractivity contribution in [1.82, 2.24) is 0 Å². The molecule has 1 atom stereocenters. The van der Waals surface area contributed by atoms with Crippen molar-refractivity contribution < 1.29 is 66.0 Å². The normalized spacial score (nSPS) is 12.2. The number of nitriles is 1. The van der Waals surface area contributed by atoms with Gasteiger partial charge in [-0.05, 0) is 13.8 Å². The molecule has 5 heteroatoms. The van der Waals surface area contributed by atoms with Crippen LogP contribution in [0.1, 0.15) is 13.8 Å². The minimum atomic E-state index is -0.808. The SMILES string of the molecule is C/C(=C\[O-])C(=O)OC(C)C#N.[K+]. The van der Waals surface area contributed by atoms with E-state index in [2.05, 4.69) is 4.74 Å². The summed E-state index contributed by atoms with van der Waals surface area (Å²) in [6.07, 6.45) is -0.413. The van der Waals surface area contributed by atoms with Crippen LogP contribution in [0.2, 0.25) is 0 Å². The van der Waals surface area contributed by atoms with Gasteiger partial charge in [-0.2, -0.15) is 5.26 Å².